The molecular formula is C22H19N5O2S. The first-order chi connectivity index (χ1) is 14.7. The summed E-state index contributed by atoms with van der Waals surface area (Å²) >= 11 is 1.52. The summed E-state index contributed by atoms with van der Waals surface area (Å²) in [6, 6.07) is 20.1. The summed E-state index contributed by atoms with van der Waals surface area (Å²) in [6.07, 6.45) is 1.74. The predicted octanol–water partition coefficient (Wildman–Crippen LogP) is 3.72. The molecule has 4 rings (SSSR count). The molecule has 0 bridgehead atoms. The first-order valence-electron chi connectivity index (χ1n) is 9.40. The molecule has 0 saturated heterocycles. The molecule has 7 nitrogen and oxygen atoms in total. The van der Waals surface area contributed by atoms with Crippen LogP contribution in [-0.4, -0.2) is 20.4 Å². The second-order valence-electron chi connectivity index (χ2n) is 6.38. The van der Waals surface area contributed by atoms with Crippen molar-refractivity contribution in [1.29, 1.82) is 0 Å². The zero-order valence-electron chi connectivity index (χ0n) is 16.2. The predicted molar refractivity (Wildman–Crippen MR) is 118 cm³/mol. The summed E-state index contributed by atoms with van der Waals surface area (Å²) in [7, 11) is 0. The lowest BCUT2D eigenvalue weighted by Gasteiger charge is -2.14. The molecule has 2 heterocycles. The third kappa shape index (κ3) is 4.18. The Hall–Kier alpha value is -3.65. The molecule has 2 aromatic carbocycles. The number of hydrazine groups is 1. The Morgan fingerprint density at radius 1 is 1.03 bits per heavy atom. The number of fused-ring (bicyclic) bond motifs is 1. The fourth-order valence-corrected chi connectivity index (χ4v) is 3.72. The molecule has 150 valence electrons. The Kier molecular flexibility index (Phi) is 5.76. The topological polar surface area (TPSA) is 88.9 Å². The van der Waals surface area contributed by atoms with Crippen molar-refractivity contribution in [2.45, 2.75) is 23.4 Å². The van der Waals surface area contributed by atoms with Crippen LogP contribution in [0.4, 0.5) is 5.95 Å². The average Bonchev–Trinajstić information content (AvgIpc) is 2.79. The summed E-state index contributed by atoms with van der Waals surface area (Å²) in [4.78, 5) is 34.9. The number of nitrogens with one attached hydrogen (secondary N) is 2. The summed E-state index contributed by atoms with van der Waals surface area (Å²) in [5.74, 6) is -0.0358. The minimum atomic E-state index is -0.325. The number of carbonyl (C=O) groups is 1. The lowest BCUT2D eigenvalue weighted by molar-refractivity contribution is 0.0962. The Balaban J connectivity index is 1.48. The lowest BCUT2D eigenvalue weighted by atomic mass is 10.2. The van der Waals surface area contributed by atoms with Crippen molar-refractivity contribution < 1.29 is 4.79 Å². The van der Waals surface area contributed by atoms with E-state index in [0.29, 0.717) is 23.0 Å². The van der Waals surface area contributed by atoms with Crippen molar-refractivity contribution in [3.8, 4) is 0 Å². The smallest absolute Gasteiger partial charge is 0.269 e. The van der Waals surface area contributed by atoms with Crippen LogP contribution in [-0.2, 0) is 6.54 Å². The Morgan fingerprint density at radius 2 is 1.80 bits per heavy atom. The number of anilines is 1. The molecule has 0 atom stereocenters. The molecule has 2 N–H and O–H groups in total. The van der Waals surface area contributed by atoms with E-state index in [9.17, 15) is 9.59 Å². The van der Waals surface area contributed by atoms with E-state index < -0.39 is 0 Å². The van der Waals surface area contributed by atoms with Gasteiger partial charge in [0.2, 0.25) is 5.95 Å². The molecular weight excluding hydrogens is 398 g/mol. The molecule has 0 aliphatic carbocycles. The van der Waals surface area contributed by atoms with Crippen LogP contribution < -0.4 is 16.4 Å². The van der Waals surface area contributed by atoms with E-state index in [1.807, 2.05) is 43.3 Å². The van der Waals surface area contributed by atoms with Gasteiger partial charge >= 0.3 is 0 Å². The van der Waals surface area contributed by atoms with E-state index in [1.54, 1.807) is 36.5 Å². The summed E-state index contributed by atoms with van der Waals surface area (Å²) in [6.45, 7) is 2.27. The van der Waals surface area contributed by atoms with E-state index in [1.165, 1.54) is 16.3 Å². The van der Waals surface area contributed by atoms with Gasteiger partial charge in [0.15, 0.2) is 0 Å². The number of hydrogen-bond acceptors (Lipinski definition) is 6. The zero-order valence-corrected chi connectivity index (χ0v) is 17.0. The van der Waals surface area contributed by atoms with Crippen LogP contribution in [0.2, 0.25) is 0 Å². The maximum Gasteiger partial charge on any atom is 0.269 e. The van der Waals surface area contributed by atoms with Gasteiger partial charge in [0.25, 0.3) is 11.5 Å². The number of amides is 1. The monoisotopic (exact) mass is 417 g/mol. The second kappa shape index (κ2) is 8.79. The Bertz CT molecular complexity index is 1240. The normalized spacial score (nSPS) is 10.7. The molecule has 0 fully saturated rings. The van der Waals surface area contributed by atoms with Crippen LogP contribution in [0.15, 0.2) is 87.6 Å². The standard InChI is InChI=1S/C22H19N5O2S/c1-2-27-21(29)17-7-3-4-8-18(17)24-22(27)26-25-20(28)15-10-12-16(13-11-15)30-19-9-5-6-14-23-19/h3-14H,2H2,1H3,(H,24,26)(H,25,28). The lowest BCUT2D eigenvalue weighted by Crippen LogP contribution is -2.34. The second-order valence-corrected chi connectivity index (χ2v) is 7.47. The Labute approximate surface area is 177 Å². The molecule has 8 heteroatoms. The maximum atomic E-state index is 12.6. The van der Waals surface area contributed by atoms with E-state index in [2.05, 4.69) is 20.8 Å². The molecule has 4 aromatic rings. The largest absolute Gasteiger partial charge is 0.277 e. The highest BCUT2D eigenvalue weighted by Gasteiger charge is 2.11. The van der Waals surface area contributed by atoms with Crippen LogP contribution in [0.5, 0.6) is 0 Å². The molecule has 0 unspecified atom stereocenters. The summed E-state index contributed by atoms with van der Waals surface area (Å²) in [5, 5.41) is 1.42. The number of rotatable bonds is 6. The quantitative estimate of drug-likeness (QED) is 0.465. The SMILES string of the molecule is CCn1c(NNC(=O)c2ccc(Sc3ccccn3)cc2)nc2ccccc2c1=O. The highest BCUT2D eigenvalue weighted by molar-refractivity contribution is 7.99. The molecule has 0 radical (unpaired) electrons. The van der Waals surface area contributed by atoms with Gasteiger partial charge in [-0.3, -0.25) is 25.0 Å². The zero-order chi connectivity index (χ0) is 20.9. The minimum absolute atomic E-state index is 0.157. The van der Waals surface area contributed by atoms with Crippen molar-refractivity contribution in [2.24, 2.45) is 0 Å². The maximum absolute atomic E-state index is 12.6. The van der Waals surface area contributed by atoms with Gasteiger partial charge in [-0.1, -0.05) is 30.0 Å². The van der Waals surface area contributed by atoms with Gasteiger partial charge in [-0.15, -0.1) is 0 Å². The number of aromatic nitrogens is 3. The van der Waals surface area contributed by atoms with Crippen molar-refractivity contribution in [2.75, 3.05) is 5.43 Å². The number of hydrogen-bond donors (Lipinski definition) is 2. The van der Waals surface area contributed by atoms with Gasteiger partial charge in [0, 0.05) is 23.2 Å². The third-order valence-corrected chi connectivity index (χ3v) is 5.40. The number of para-hydroxylation sites is 1. The van der Waals surface area contributed by atoms with Crippen molar-refractivity contribution in [1.82, 2.24) is 20.0 Å². The van der Waals surface area contributed by atoms with E-state index in [0.717, 1.165) is 9.92 Å². The first-order valence-corrected chi connectivity index (χ1v) is 10.2. The van der Waals surface area contributed by atoms with Crippen LogP contribution in [0.25, 0.3) is 10.9 Å². The third-order valence-electron chi connectivity index (χ3n) is 4.44. The van der Waals surface area contributed by atoms with Crippen molar-refractivity contribution >= 4 is 34.5 Å². The van der Waals surface area contributed by atoms with E-state index in [4.69, 9.17) is 0 Å². The summed E-state index contributed by atoms with van der Waals surface area (Å²) in [5.41, 5.74) is 6.31. The van der Waals surface area contributed by atoms with Gasteiger partial charge < -0.3 is 0 Å². The first kappa shape index (κ1) is 19.7. The Morgan fingerprint density at radius 3 is 2.53 bits per heavy atom. The van der Waals surface area contributed by atoms with Crippen molar-refractivity contribution in [3.05, 3.63) is 88.8 Å². The highest BCUT2D eigenvalue weighted by Crippen LogP contribution is 2.25. The fraction of sp³-hybridized carbons (Fsp3) is 0.0909. The van der Waals surface area contributed by atoms with Crippen molar-refractivity contribution in [3.63, 3.8) is 0 Å². The van der Waals surface area contributed by atoms with Crippen LogP contribution in [0.1, 0.15) is 17.3 Å². The number of benzene rings is 2. The van der Waals surface area contributed by atoms with Gasteiger partial charge in [0.1, 0.15) is 5.03 Å². The average molecular weight is 417 g/mol. The molecule has 0 aliphatic heterocycles. The number of pyridine rings is 1. The molecule has 2 aromatic heterocycles. The molecule has 0 saturated carbocycles. The van der Waals surface area contributed by atoms with Gasteiger partial charge in [0.05, 0.1) is 10.9 Å². The van der Waals surface area contributed by atoms with Crippen LogP contribution in [0.3, 0.4) is 0 Å². The van der Waals surface area contributed by atoms with E-state index in [-0.39, 0.29) is 17.4 Å². The summed E-state index contributed by atoms with van der Waals surface area (Å²) < 4.78 is 1.48. The van der Waals surface area contributed by atoms with Crippen LogP contribution in [0, 0.1) is 0 Å². The van der Waals surface area contributed by atoms with Crippen LogP contribution >= 0.6 is 11.8 Å². The molecule has 1 amide bonds. The highest BCUT2D eigenvalue weighted by atomic mass is 32.2. The van der Waals surface area contributed by atoms with E-state index >= 15 is 0 Å². The molecule has 0 spiro atoms. The number of nitrogens with zero attached hydrogens (tertiary/aromatic N) is 3. The number of carbonyl (C=O) groups excluding carboxylic acids is 1. The minimum Gasteiger partial charge on any atom is -0.277 e. The van der Waals surface area contributed by atoms with Gasteiger partial charge in [-0.05, 0) is 55.5 Å². The fourth-order valence-electron chi connectivity index (χ4n) is 2.94. The van der Waals surface area contributed by atoms with Gasteiger partial charge in [-0.25, -0.2) is 9.97 Å². The molecule has 30 heavy (non-hydrogen) atoms. The van der Waals surface area contributed by atoms with Gasteiger partial charge in [-0.2, -0.15) is 0 Å². The molecule has 0 aliphatic rings.